The molecule has 0 spiro atoms. The molecule has 0 heterocycles. The predicted molar refractivity (Wildman–Crippen MR) is 55.5 cm³/mol. The van der Waals surface area contributed by atoms with Crippen molar-refractivity contribution in [2.24, 2.45) is 0 Å². The van der Waals surface area contributed by atoms with Gasteiger partial charge in [0.1, 0.15) is 6.61 Å². The Balaban J connectivity index is 2.15. The lowest BCUT2D eigenvalue weighted by molar-refractivity contribution is 0.313. The van der Waals surface area contributed by atoms with Crippen molar-refractivity contribution < 1.29 is 9.53 Å². The highest BCUT2D eigenvalue weighted by Crippen LogP contribution is 2.02. The summed E-state index contributed by atoms with van der Waals surface area (Å²) in [6.45, 7) is 1.69. The van der Waals surface area contributed by atoms with E-state index in [9.17, 15) is 4.79 Å². The molecule has 1 aromatic carbocycles. The summed E-state index contributed by atoms with van der Waals surface area (Å²) < 4.78 is 4.39. The van der Waals surface area contributed by atoms with E-state index in [-0.39, 0.29) is 0 Å². The maximum absolute atomic E-state index is 9.68. The normalized spacial score (nSPS) is 10.3. The Morgan fingerprint density at radius 3 is 2.71 bits per heavy atom. The van der Waals surface area contributed by atoms with Crippen molar-refractivity contribution in [2.75, 3.05) is 6.61 Å². The van der Waals surface area contributed by atoms with Crippen LogP contribution in [0.15, 0.2) is 42.5 Å². The van der Waals surface area contributed by atoms with Gasteiger partial charge in [0.25, 0.3) is 0 Å². The van der Waals surface area contributed by atoms with E-state index in [2.05, 4.69) is 16.9 Å². The molecule has 0 N–H and O–H groups in total. The molecule has 0 atom stereocenters. The van der Waals surface area contributed by atoms with E-state index in [1.165, 1.54) is 12.0 Å². The minimum atomic E-state index is 0.318. The van der Waals surface area contributed by atoms with Crippen molar-refractivity contribution in [2.45, 2.75) is 12.8 Å². The van der Waals surface area contributed by atoms with E-state index in [1.807, 2.05) is 30.4 Å². The number of benzene rings is 1. The number of carbonyl (C=O) groups excluding carboxylic acids is 1. The van der Waals surface area contributed by atoms with Crippen molar-refractivity contribution in [3.8, 4) is 0 Å². The third-order valence-electron chi connectivity index (χ3n) is 1.85. The van der Waals surface area contributed by atoms with Crippen LogP contribution in [0.3, 0.4) is 0 Å². The molecule has 1 aromatic rings. The standard InChI is InChI=1S/C12H13O2/c13-11-14-10-6-2-5-9-12-7-3-1-4-8-12/h1-4,6-8H,5,9-10H2. The Kier molecular flexibility index (Phi) is 5.18. The summed E-state index contributed by atoms with van der Waals surface area (Å²) in [6.07, 6.45) is 5.81. The zero-order valence-electron chi connectivity index (χ0n) is 7.98. The second kappa shape index (κ2) is 6.89. The number of ether oxygens (including phenoxy) is 1. The second-order valence-electron chi connectivity index (χ2n) is 2.89. The molecule has 2 heteroatoms. The van der Waals surface area contributed by atoms with Gasteiger partial charge in [-0.15, -0.1) is 0 Å². The van der Waals surface area contributed by atoms with Crippen LogP contribution in [0.1, 0.15) is 12.0 Å². The summed E-state index contributed by atoms with van der Waals surface area (Å²) in [6, 6.07) is 10.3. The first-order valence-corrected chi connectivity index (χ1v) is 4.61. The van der Waals surface area contributed by atoms with Gasteiger partial charge in [-0.25, -0.2) is 4.79 Å². The molecule has 0 fully saturated rings. The minimum absolute atomic E-state index is 0.318. The fraction of sp³-hybridized carbons (Fsp3) is 0.250. The number of aryl methyl sites for hydroxylation is 1. The molecule has 0 saturated heterocycles. The monoisotopic (exact) mass is 189 g/mol. The molecule has 73 valence electrons. The lowest BCUT2D eigenvalue weighted by Gasteiger charge is -1.96. The van der Waals surface area contributed by atoms with Crippen molar-refractivity contribution in [3.05, 3.63) is 48.0 Å². The van der Waals surface area contributed by atoms with Crippen LogP contribution >= 0.6 is 0 Å². The largest absolute Gasteiger partial charge is 0.453 e. The molecular weight excluding hydrogens is 176 g/mol. The highest BCUT2D eigenvalue weighted by atomic mass is 16.5. The third-order valence-corrected chi connectivity index (χ3v) is 1.85. The highest BCUT2D eigenvalue weighted by molar-refractivity contribution is 5.38. The predicted octanol–water partition coefficient (Wildman–Crippen LogP) is 2.26. The van der Waals surface area contributed by atoms with Gasteiger partial charge in [-0.05, 0) is 18.4 Å². The fourth-order valence-corrected chi connectivity index (χ4v) is 1.16. The van der Waals surface area contributed by atoms with Crippen LogP contribution in [0.4, 0.5) is 0 Å². The van der Waals surface area contributed by atoms with Gasteiger partial charge in [-0.3, -0.25) is 0 Å². The van der Waals surface area contributed by atoms with Gasteiger partial charge >= 0.3 is 6.47 Å². The molecule has 0 aromatic heterocycles. The molecule has 0 aliphatic rings. The molecule has 0 amide bonds. The molecule has 0 bridgehead atoms. The summed E-state index contributed by atoms with van der Waals surface area (Å²) >= 11 is 0. The maximum Gasteiger partial charge on any atom is 0.417 e. The van der Waals surface area contributed by atoms with Crippen molar-refractivity contribution in [1.82, 2.24) is 0 Å². The van der Waals surface area contributed by atoms with Crippen LogP contribution in [-0.2, 0) is 16.0 Å². The molecule has 1 rings (SSSR count). The Labute approximate surface area is 84.2 Å². The Bertz CT molecular complexity index is 278. The van der Waals surface area contributed by atoms with Gasteiger partial charge in [0.15, 0.2) is 0 Å². The summed E-state index contributed by atoms with van der Waals surface area (Å²) in [5.74, 6) is 0. The topological polar surface area (TPSA) is 26.3 Å². The van der Waals surface area contributed by atoms with Gasteiger partial charge in [0, 0.05) is 0 Å². The van der Waals surface area contributed by atoms with E-state index in [1.54, 1.807) is 0 Å². The molecule has 14 heavy (non-hydrogen) atoms. The lowest BCUT2D eigenvalue weighted by atomic mass is 10.1. The van der Waals surface area contributed by atoms with Crippen molar-refractivity contribution >= 4 is 6.47 Å². The molecule has 0 saturated carbocycles. The van der Waals surface area contributed by atoms with Crippen LogP contribution in [0.2, 0.25) is 0 Å². The maximum atomic E-state index is 9.68. The lowest BCUT2D eigenvalue weighted by Crippen LogP contribution is -1.86. The van der Waals surface area contributed by atoms with Gasteiger partial charge in [0.2, 0.25) is 0 Å². The zero-order chi connectivity index (χ0) is 10.1. The average molecular weight is 189 g/mol. The number of hydrogen-bond acceptors (Lipinski definition) is 2. The summed E-state index contributed by atoms with van der Waals surface area (Å²) in [7, 11) is 0. The quantitative estimate of drug-likeness (QED) is 0.507. The first kappa shape index (κ1) is 10.5. The van der Waals surface area contributed by atoms with Gasteiger partial charge < -0.3 is 4.74 Å². The molecule has 1 radical (unpaired) electrons. The van der Waals surface area contributed by atoms with E-state index in [0.717, 1.165) is 12.8 Å². The van der Waals surface area contributed by atoms with Gasteiger partial charge in [-0.1, -0.05) is 42.5 Å². The van der Waals surface area contributed by atoms with Crippen LogP contribution in [-0.4, -0.2) is 13.1 Å². The number of hydrogen-bond donors (Lipinski definition) is 0. The van der Waals surface area contributed by atoms with E-state index in [4.69, 9.17) is 0 Å². The summed E-state index contributed by atoms with van der Waals surface area (Å²) in [5, 5.41) is 0. The highest BCUT2D eigenvalue weighted by Gasteiger charge is 1.87. The third kappa shape index (κ3) is 4.45. The van der Waals surface area contributed by atoms with Crippen LogP contribution in [0.25, 0.3) is 0 Å². The number of rotatable bonds is 6. The van der Waals surface area contributed by atoms with Crippen molar-refractivity contribution in [3.63, 3.8) is 0 Å². The fourth-order valence-electron chi connectivity index (χ4n) is 1.16. The summed E-state index contributed by atoms with van der Waals surface area (Å²) in [4.78, 5) is 9.68. The number of allylic oxidation sites excluding steroid dienone is 1. The first-order valence-electron chi connectivity index (χ1n) is 4.61. The Morgan fingerprint density at radius 2 is 2.00 bits per heavy atom. The van der Waals surface area contributed by atoms with Gasteiger partial charge in [-0.2, -0.15) is 0 Å². The van der Waals surface area contributed by atoms with Gasteiger partial charge in [0.05, 0.1) is 0 Å². The van der Waals surface area contributed by atoms with Crippen LogP contribution in [0.5, 0.6) is 0 Å². The van der Waals surface area contributed by atoms with Crippen LogP contribution in [0, 0.1) is 0 Å². The average Bonchev–Trinajstić information content (AvgIpc) is 2.25. The smallest absolute Gasteiger partial charge is 0.417 e. The van der Waals surface area contributed by atoms with Crippen LogP contribution < -0.4 is 0 Å². The Morgan fingerprint density at radius 1 is 1.21 bits per heavy atom. The molecule has 0 aliphatic heterocycles. The van der Waals surface area contributed by atoms with E-state index in [0.29, 0.717) is 6.61 Å². The van der Waals surface area contributed by atoms with E-state index >= 15 is 0 Å². The van der Waals surface area contributed by atoms with Crippen molar-refractivity contribution in [1.29, 1.82) is 0 Å². The molecule has 0 aliphatic carbocycles. The SMILES string of the molecule is O=[C]OCC=CCCc1ccccc1. The molecular formula is C12H13O2. The van der Waals surface area contributed by atoms with E-state index < -0.39 is 0 Å². The minimum Gasteiger partial charge on any atom is -0.453 e. The molecule has 0 unspecified atom stereocenters. The second-order valence-corrected chi connectivity index (χ2v) is 2.89. The Hall–Kier alpha value is -1.57. The molecule has 2 nitrogen and oxygen atoms in total. The zero-order valence-corrected chi connectivity index (χ0v) is 7.98. The summed E-state index contributed by atoms with van der Waals surface area (Å²) in [5.41, 5.74) is 1.32. The first-order chi connectivity index (χ1) is 6.93.